The maximum Gasteiger partial charge on any atom is 0.394 e. The predicted molar refractivity (Wildman–Crippen MR) is 59.4 cm³/mol. The smallest absolute Gasteiger partial charge is 0.394 e. The lowest BCUT2D eigenvalue weighted by molar-refractivity contribution is -0.123. The lowest BCUT2D eigenvalue weighted by atomic mass is 10.3. The Hall–Kier alpha value is -1.23. The van der Waals surface area contributed by atoms with Crippen molar-refractivity contribution in [3.05, 3.63) is 30.3 Å². The summed E-state index contributed by atoms with van der Waals surface area (Å²) in [5, 5.41) is 9.21. The van der Waals surface area contributed by atoms with Gasteiger partial charge in [-0.25, -0.2) is 0 Å². The van der Waals surface area contributed by atoms with Gasteiger partial charge in [-0.05, 0) is 12.1 Å². The van der Waals surface area contributed by atoms with Gasteiger partial charge in [0, 0.05) is 0 Å². The van der Waals surface area contributed by atoms with E-state index in [1.807, 2.05) is 6.07 Å². The number of hydrogen-bond acceptors (Lipinski definition) is 6. The van der Waals surface area contributed by atoms with E-state index in [1.54, 1.807) is 24.3 Å². The highest BCUT2D eigenvalue weighted by Crippen LogP contribution is 2.11. The Kier molecular flexibility index (Phi) is 6.02. The normalized spacial score (nSPS) is 14.2. The van der Waals surface area contributed by atoms with Crippen LogP contribution in [0.15, 0.2) is 30.3 Å². The topological polar surface area (TPSA) is 156 Å². The highest BCUT2D eigenvalue weighted by molar-refractivity contribution is 7.79. The predicted octanol–water partition coefficient (Wildman–Crippen LogP) is -1.02. The van der Waals surface area contributed by atoms with Crippen LogP contribution in [0.3, 0.4) is 0 Å². The second kappa shape index (κ2) is 6.49. The van der Waals surface area contributed by atoms with Crippen LogP contribution in [0.5, 0.6) is 5.75 Å². The van der Waals surface area contributed by atoms with Crippen LogP contribution in [0.4, 0.5) is 0 Å². The van der Waals surface area contributed by atoms with Gasteiger partial charge in [-0.3, -0.25) is 14.8 Å². The van der Waals surface area contributed by atoms with Crippen LogP contribution in [0, 0.1) is 0 Å². The number of para-hydroxylation sites is 1. The zero-order chi connectivity index (χ0) is 13.5. The summed E-state index contributed by atoms with van der Waals surface area (Å²) in [7, 11) is -4.67. The Labute approximate surface area is 98.4 Å². The monoisotopic (exact) mass is 266 g/mol. The molecule has 7 N–H and O–H groups in total. The van der Waals surface area contributed by atoms with Crippen molar-refractivity contribution in [3.63, 3.8) is 0 Å². The van der Waals surface area contributed by atoms with Gasteiger partial charge < -0.3 is 15.6 Å². The quantitative estimate of drug-likeness (QED) is 0.343. The first-order valence-electron chi connectivity index (χ1n) is 4.29. The van der Waals surface area contributed by atoms with Crippen LogP contribution in [0.2, 0.25) is 0 Å². The van der Waals surface area contributed by atoms with Crippen LogP contribution in [0.1, 0.15) is 0 Å². The SMILES string of the molecule is NCC(N)(O)Oc1ccccc1.O=S(=O)(O)O. The Morgan fingerprint density at radius 2 is 1.65 bits per heavy atom. The molecule has 9 heteroatoms. The van der Waals surface area contributed by atoms with Crippen molar-refractivity contribution in [2.45, 2.75) is 5.91 Å². The molecule has 1 atom stereocenters. The van der Waals surface area contributed by atoms with Crippen molar-refractivity contribution in [2.24, 2.45) is 11.5 Å². The number of benzene rings is 1. The van der Waals surface area contributed by atoms with Gasteiger partial charge >= 0.3 is 10.4 Å². The molecule has 0 amide bonds. The molecule has 1 aromatic rings. The lowest BCUT2D eigenvalue weighted by Gasteiger charge is -2.21. The Balaban J connectivity index is 0.000000437. The lowest BCUT2D eigenvalue weighted by Crippen LogP contribution is -2.52. The van der Waals surface area contributed by atoms with E-state index in [1.165, 1.54) is 0 Å². The molecular formula is C8H14N2O6S. The van der Waals surface area contributed by atoms with E-state index in [-0.39, 0.29) is 6.54 Å². The first-order chi connectivity index (χ1) is 7.64. The summed E-state index contributed by atoms with van der Waals surface area (Å²) in [5.41, 5.74) is 10.4. The summed E-state index contributed by atoms with van der Waals surface area (Å²) < 4.78 is 36.5. The van der Waals surface area contributed by atoms with Crippen LogP contribution >= 0.6 is 0 Å². The van der Waals surface area contributed by atoms with E-state index >= 15 is 0 Å². The number of hydrogen-bond donors (Lipinski definition) is 5. The van der Waals surface area contributed by atoms with E-state index < -0.39 is 16.3 Å². The van der Waals surface area contributed by atoms with Crippen LogP contribution in [0.25, 0.3) is 0 Å². The molecule has 0 aliphatic rings. The van der Waals surface area contributed by atoms with Crippen LogP contribution in [-0.2, 0) is 10.4 Å². The molecule has 0 aliphatic heterocycles. The molecule has 98 valence electrons. The fourth-order valence-corrected chi connectivity index (χ4v) is 0.734. The molecule has 0 aliphatic carbocycles. The third-order valence-electron chi connectivity index (χ3n) is 1.33. The molecule has 0 saturated heterocycles. The molecule has 1 rings (SSSR count). The van der Waals surface area contributed by atoms with Crippen LogP contribution in [-0.4, -0.2) is 35.1 Å². The fraction of sp³-hybridized carbons (Fsp3) is 0.250. The molecule has 0 aromatic heterocycles. The zero-order valence-corrected chi connectivity index (χ0v) is 9.54. The first kappa shape index (κ1) is 15.8. The van der Waals surface area contributed by atoms with Gasteiger partial charge in [0.2, 0.25) is 0 Å². The summed E-state index contributed by atoms with van der Waals surface area (Å²) in [4.78, 5) is 0. The first-order valence-corrected chi connectivity index (χ1v) is 5.69. The van der Waals surface area contributed by atoms with E-state index in [9.17, 15) is 5.11 Å². The molecule has 0 radical (unpaired) electrons. The number of rotatable bonds is 3. The molecular weight excluding hydrogens is 252 g/mol. The highest BCUT2D eigenvalue weighted by Gasteiger charge is 2.20. The van der Waals surface area contributed by atoms with Gasteiger partial charge in [-0.15, -0.1) is 0 Å². The van der Waals surface area contributed by atoms with Crippen molar-refractivity contribution >= 4 is 10.4 Å². The van der Waals surface area contributed by atoms with E-state index in [0.717, 1.165) is 0 Å². The van der Waals surface area contributed by atoms with Crippen molar-refractivity contribution in [1.29, 1.82) is 0 Å². The van der Waals surface area contributed by atoms with E-state index in [4.69, 9.17) is 33.7 Å². The number of ether oxygens (including phenoxy) is 1. The highest BCUT2D eigenvalue weighted by atomic mass is 32.3. The molecule has 0 saturated carbocycles. The average Bonchev–Trinajstić information content (AvgIpc) is 2.16. The Morgan fingerprint density at radius 1 is 1.24 bits per heavy atom. The minimum Gasteiger partial charge on any atom is -0.448 e. The Morgan fingerprint density at radius 3 is 2.00 bits per heavy atom. The maximum atomic E-state index is 9.21. The standard InChI is InChI=1S/C8H12N2O2.H2O4S/c9-6-8(10,11)12-7-4-2-1-3-5-7;1-5(2,3)4/h1-5,11H,6,9-10H2;(H2,1,2,3,4). The molecule has 1 unspecified atom stereocenters. The summed E-state index contributed by atoms with van der Waals surface area (Å²) in [6.45, 7) is -0.151. The summed E-state index contributed by atoms with van der Waals surface area (Å²) in [6, 6.07) is 8.77. The summed E-state index contributed by atoms with van der Waals surface area (Å²) in [6.07, 6.45) is 0. The maximum absolute atomic E-state index is 9.21. The molecule has 0 spiro atoms. The average molecular weight is 266 g/mol. The largest absolute Gasteiger partial charge is 0.448 e. The van der Waals surface area contributed by atoms with E-state index in [0.29, 0.717) is 5.75 Å². The Bertz CT molecular complexity index is 411. The van der Waals surface area contributed by atoms with Crippen molar-refractivity contribution in [3.8, 4) is 5.75 Å². The van der Waals surface area contributed by atoms with Gasteiger partial charge in [0.25, 0.3) is 5.91 Å². The summed E-state index contributed by atoms with van der Waals surface area (Å²) >= 11 is 0. The van der Waals surface area contributed by atoms with E-state index in [2.05, 4.69) is 0 Å². The molecule has 0 heterocycles. The van der Waals surface area contributed by atoms with Gasteiger partial charge in [0.05, 0.1) is 6.54 Å². The minimum absolute atomic E-state index is 0.151. The number of aliphatic hydroxyl groups is 1. The van der Waals surface area contributed by atoms with Gasteiger partial charge in [0.1, 0.15) is 5.75 Å². The second-order valence-corrected chi connectivity index (χ2v) is 3.81. The van der Waals surface area contributed by atoms with Crippen molar-refractivity contribution in [1.82, 2.24) is 0 Å². The fourth-order valence-electron chi connectivity index (χ4n) is 0.734. The third kappa shape index (κ3) is 11.0. The summed E-state index contributed by atoms with van der Waals surface area (Å²) in [5.74, 6) is -1.28. The van der Waals surface area contributed by atoms with Gasteiger partial charge in [-0.1, -0.05) is 18.2 Å². The van der Waals surface area contributed by atoms with Crippen molar-refractivity contribution in [2.75, 3.05) is 6.54 Å². The van der Waals surface area contributed by atoms with Gasteiger partial charge in [-0.2, -0.15) is 8.42 Å². The zero-order valence-electron chi connectivity index (χ0n) is 8.72. The molecule has 1 aromatic carbocycles. The number of nitrogens with two attached hydrogens (primary N) is 2. The molecule has 0 bridgehead atoms. The van der Waals surface area contributed by atoms with Crippen LogP contribution < -0.4 is 16.2 Å². The third-order valence-corrected chi connectivity index (χ3v) is 1.33. The minimum atomic E-state index is -4.67. The molecule has 0 fully saturated rings. The second-order valence-electron chi connectivity index (χ2n) is 2.91. The molecule has 17 heavy (non-hydrogen) atoms. The van der Waals surface area contributed by atoms with Gasteiger partial charge in [0.15, 0.2) is 0 Å². The molecule has 8 nitrogen and oxygen atoms in total. The van der Waals surface area contributed by atoms with Crippen molar-refractivity contribution < 1.29 is 27.4 Å².